The molecular weight excluding hydrogens is 404 g/mol. The molecule has 4 aromatic rings. The van der Waals surface area contributed by atoms with Crippen LogP contribution in [0, 0.1) is 6.92 Å². The smallest absolute Gasteiger partial charge is 0.234 e. The van der Waals surface area contributed by atoms with E-state index in [-0.39, 0.29) is 11.7 Å². The fourth-order valence-corrected chi connectivity index (χ4v) is 4.06. The molecule has 0 bridgehead atoms. The topological polar surface area (TPSA) is 90.9 Å². The van der Waals surface area contributed by atoms with Crippen molar-refractivity contribution in [3.63, 3.8) is 0 Å². The van der Waals surface area contributed by atoms with Crippen LogP contribution in [0.5, 0.6) is 11.5 Å². The van der Waals surface area contributed by atoms with E-state index in [0.717, 1.165) is 34.6 Å². The van der Waals surface area contributed by atoms with Crippen molar-refractivity contribution in [1.29, 1.82) is 0 Å². The predicted octanol–water partition coefficient (Wildman–Crippen LogP) is 4.09. The number of furan rings is 1. The zero-order valence-electron chi connectivity index (χ0n) is 17.2. The Kier molecular flexibility index (Phi) is 5.54. The van der Waals surface area contributed by atoms with Gasteiger partial charge in [-0.2, -0.15) is 0 Å². The molecule has 0 atom stereocenters. The van der Waals surface area contributed by atoms with Crippen LogP contribution in [0.1, 0.15) is 18.5 Å². The summed E-state index contributed by atoms with van der Waals surface area (Å²) in [6.07, 6.45) is 0.738. The molecule has 1 aromatic carbocycles. The van der Waals surface area contributed by atoms with Gasteiger partial charge in [0.25, 0.3) is 0 Å². The lowest BCUT2D eigenvalue weighted by Gasteiger charge is -2.11. The van der Waals surface area contributed by atoms with Crippen LogP contribution in [0.25, 0.3) is 16.6 Å². The van der Waals surface area contributed by atoms with Crippen LogP contribution < -0.4 is 14.8 Å². The molecule has 156 valence electrons. The maximum atomic E-state index is 12.5. The Bertz CT molecular complexity index is 1230. The number of carbonyl (C=O) groups excluding carboxylic acids is 1. The first-order valence-corrected chi connectivity index (χ1v) is 10.4. The van der Waals surface area contributed by atoms with Crippen LogP contribution in [0.4, 0.5) is 5.69 Å². The molecule has 1 amide bonds. The number of methoxy groups -OCH3 is 2. The van der Waals surface area contributed by atoms with Gasteiger partial charge >= 0.3 is 0 Å². The van der Waals surface area contributed by atoms with E-state index in [2.05, 4.69) is 15.5 Å². The Labute approximate surface area is 177 Å². The van der Waals surface area contributed by atoms with Crippen molar-refractivity contribution >= 4 is 40.0 Å². The zero-order valence-corrected chi connectivity index (χ0v) is 18.0. The number of fused-ring (bicyclic) bond motifs is 3. The average Bonchev–Trinajstić information content (AvgIpc) is 3.28. The number of amides is 1. The maximum absolute atomic E-state index is 12.5. The third kappa shape index (κ3) is 3.68. The van der Waals surface area contributed by atoms with Gasteiger partial charge in [0.2, 0.25) is 5.91 Å². The molecule has 1 N–H and O–H groups in total. The van der Waals surface area contributed by atoms with Gasteiger partial charge < -0.3 is 19.2 Å². The molecule has 0 spiro atoms. The summed E-state index contributed by atoms with van der Waals surface area (Å²) in [5, 5.41) is 12.2. The minimum atomic E-state index is -0.155. The molecule has 8 nitrogen and oxygen atoms in total. The van der Waals surface area contributed by atoms with Gasteiger partial charge in [0.05, 0.1) is 31.0 Å². The van der Waals surface area contributed by atoms with Gasteiger partial charge in [0, 0.05) is 30.3 Å². The van der Waals surface area contributed by atoms with Crippen LogP contribution in [0.2, 0.25) is 0 Å². The normalized spacial score (nSPS) is 11.2. The van der Waals surface area contributed by atoms with Crippen LogP contribution in [0.15, 0.2) is 39.8 Å². The van der Waals surface area contributed by atoms with Crippen molar-refractivity contribution in [2.75, 3.05) is 25.3 Å². The van der Waals surface area contributed by atoms with E-state index >= 15 is 0 Å². The molecule has 0 aliphatic rings. The van der Waals surface area contributed by atoms with Gasteiger partial charge in [0.15, 0.2) is 17.1 Å². The fraction of sp³-hybridized carbons (Fsp3) is 0.286. The van der Waals surface area contributed by atoms with Gasteiger partial charge in [0.1, 0.15) is 16.6 Å². The first-order valence-electron chi connectivity index (χ1n) is 9.45. The number of anilines is 1. The molecule has 0 saturated heterocycles. The second kappa shape index (κ2) is 8.27. The predicted molar refractivity (Wildman–Crippen MR) is 116 cm³/mol. The first kappa shape index (κ1) is 20.1. The molecule has 4 rings (SSSR count). The van der Waals surface area contributed by atoms with Gasteiger partial charge in [-0.05, 0) is 19.1 Å². The molecule has 0 aliphatic heterocycles. The van der Waals surface area contributed by atoms with Crippen LogP contribution in [-0.2, 0) is 11.2 Å². The molecular formula is C21H22N4O4S. The van der Waals surface area contributed by atoms with Gasteiger partial charge in [-0.25, -0.2) is 0 Å². The van der Waals surface area contributed by atoms with E-state index in [1.807, 2.05) is 30.4 Å². The molecule has 30 heavy (non-hydrogen) atoms. The molecule has 3 aromatic heterocycles. The Morgan fingerprint density at radius 1 is 1.13 bits per heavy atom. The van der Waals surface area contributed by atoms with E-state index in [9.17, 15) is 4.79 Å². The number of hydrogen-bond acceptors (Lipinski definition) is 7. The highest BCUT2D eigenvalue weighted by atomic mass is 32.2. The van der Waals surface area contributed by atoms with Crippen LogP contribution >= 0.6 is 11.8 Å². The lowest BCUT2D eigenvalue weighted by Crippen LogP contribution is -2.14. The number of aryl methyl sites for hydroxylation is 2. The third-order valence-corrected chi connectivity index (χ3v) is 5.64. The monoisotopic (exact) mass is 426 g/mol. The molecule has 0 unspecified atom stereocenters. The number of nitrogens with one attached hydrogen (secondary N) is 1. The van der Waals surface area contributed by atoms with Gasteiger partial charge in [-0.3, -0.25) is 9.20 Å². The second-order valence-corrected chi connectivity index (χ2v) is 7.62. The maximum Gasteiger partial charge on any atom is 0.234 e. The lowest BCUT2D eigenvalue weighted by molar-refractivity contribution is -0.113. The Hall–Kier alpha value is -3.20. The van der Waals surface area contributed by atoms with E-state index in [1.54, 1.807) is 32.4 Å². The van der Waals surface area contributed by atoms with E-state index in [0.29, 0.717) is 22.2 Å². The highest BCUT2D eigenvalue weighted by Gasteiger charge is 2.17. The Balaban J connectivity index is 1.53. The number of aromatic nitrogens is 3. The molecule has 0 saturated carbocycles. The van der Waals surface area contributed by atoms with E-state index < -0.39 is 0 Å². The SMILES string of the molecule is CCc1nnc(SCC(=O)Nc2ccc(OC)c(OC)c2)c2cc3oc(C)cc3n12. The first-order chi connectivity index (χ1) is 14.5. The minimum absolute atomic E-state index is 0.155. The van der Waals surface area contributed by atoms with Crippen molar-refractivity contribution in [1.82, 2.24) is 14.6 Å². The number of carbonyl (C=O) groups is 1. The third-order valence-electron chi connectivity index (χ3n) is 4.67. The lowest BCUT2D eigenvalue weighted by atomic mass is 10.2. The van der Waals surface area contributed by atoms with Crippen molar-refractivity contribution in [3.05, 3.63) is 41.9 Å². The van der Waals surface area contributed by atoms with Crippen molar-refractivity contribution in [3.8, 4) is 11.5 Å². The Morgan fingerprint density at radius 2 is 1.93 bits per heavy atom. The number of benzene rings is 1. The largest absolute Gasteiger partial charge is 0.493 e. The average molecular weight is 426 g/mol. The Morgan fingerprint density at radius 3 is 2.67 bits per heavy atom. The van der Waals surface area contributed by atoms with Crippen molar-refractivity contribution in [2.24, 2.45) is 0 Å². The number of rotatable bonds is 7. The highest BCUT2D eigenvalue weighted by molar-refractivity contribution is 8.00. The standard InChI is InChI=1S/C21H22N4O4S/c1-5-19-23-24-21(15-10-17-14(25(15)19)8-12(2)29-17)30-11-20(26)22-13-6-7-16(27-3)18(9-13)28-4/h6-10H,5,11H2,1-4H3,(H,22,26). The highest BCUT2D eigenvalue weighted by Crippen LogP contribution is 2.31. The summed E-state index contributed by atoms with van der Waals surface area (Å²) >= 11 is 1.33. The van der Waals surface area contributed by atoms with Crippen molar-refractivity contribution in [2.45, 2.75) is 25.3 Å². The van der Waals surface area contributed by atoms with Gasteiger partial charge in [-0.15, -0.1) is 10.2 Å². The summed E-state index contributed by atoms with van der Waals surface area (Å²) in [6, 6.07) is 9.17. The van der Waals surface area contributed by atoms with Gasteiger partial charge in [-0.1, -0.05) is 18.7 Å². The zero-order chi connectivity index (χ0) is 21.3. The van der Waals surface area contributed by atoms with E-state index in [1.165, 1.54) is 11.8 Å². The minimum Gasteiger partial charge on any atom is -0.493 e. The van der Waals surface area contributed by atoms with Crippen molar-refractivity contribution < 1.29 is 18.7 Å². The fourth-order valence-electron chi connectivity index (χ4n) is 3.33. The number of nitrogens with zero attached hydrogens (tertiary/aromatic N) is 3. The summed E-state index contributed by atoms with van der Waals surface area (Å²) in [5.41, 5.74) is 3.27. The summed E-state index contributed by atoms with van der Waals surface area (Å²) < 4.78 is 18.3. The summed E-state index contributed by atoms with van der Waals surface area (Å²) in [4.78, 5) is 12.5. The molecule has 0 fully saturated rings. The molecule has 0 radical (unpaired) electrons. The van der Waals surface area contributed by atoms with Crippen LogP contribution in [-0.4, -0.2) is 40.5 Å². The number of thioether (sulfide) groups is 1. The molecule has 3 heterocycles. The van der Waals surface area contributed by atoms with Crippen LogP contribution in [0.3, 0.4) is 0 Å². The summed E-state index contributed by atoms with van der Waals surface area (Å²) in [6.45, 7) is 3.95. The molecule has 0 aliphatic carbocycles. The quantitative estimate of drug-likeness (QED) is 0.445. The number of hydrogen-bond donors (Lipinski definition) is 1. The summed E-state index contributed by atoms with van der Waals surface area (Å²) in [5.74, 6) is 2.88. The number of ether oxygens (including phenoxy) is 2. The van der Waals surface area contributed by atoms with E-state index in [4.69, 9.17) is 13.9 Å². The summed E-state index contributed by atoms with van der Waals surface area (Å²) in [7, 11) is 3.12. The molecule has 9 heteroatoms. The second-order valence-electron chi connectivity index (χ2n) is 6.65.